The molecule has 1 aromatic heterocycles. The van der Waals surface area contributed by atoms with Crippen molar-refractivity contribution in [3.8, 4) is 0 Å². The normalized spacial score (nSPS) is 9.50. The first-order valence-corrected chi connectivity index (χ1v) is 4.11. The molecule has 0 aliphatic heterocycles. The van der Waals surface area contributed by atoms with Gasteiger partial charge in [-0.2, -0.15) is 0 Å². The van der Waals surface area contributed by atoms with Crippen LogP contribution in [-0.2, 0) is 6.42 Å². The van der Waals surface area contributed by atoms with Gasteiger partial charge in [0.05, 0.1) is 6.26 Å². The van der Waals surface area contributed by atoms with Crippen LogP contribution >= 0.6 is 0 Å². The number of halogens is 1. The first-order chi connectivity index (χ1) is 6.34. The van der Waals surface area contributed by atoms with Crippen LogP contribution in [0.3, 0.4) is 0 Å². The Hall–Kier alpha value is -0.973. The molecule has 68 valence electrons. The van der Waals surface area contributed by atoms with Crippen molar-refractivity contribution in [2.75, 3.05) is 0 Å². The van der Waals surface area contributed by atoms with E-state index >= 15 is 0 Å². The summed E-state index contributed by atoms with van der Waals surface area (Å²) in [7, 11) is 0. The zero-order chi connectivity index (χ0) is 9.10. The molecule has 0 saturated carbocycles. The number of hydrogen-bond acceptors (Lipinski definition) is 1. The summed E-state index contributed by atoms with van der Waals surface area (Å²) in [4.78, 5) is 0. The Labute approximate surface area is 94.1 Å². The second-order valence-corrected chi connectivity index (χ2v) is 2.88. The van der Waals surface area contributed by atoms with Gasteiger partial charge in [-0.1, -0.05) is 12.1 Å². The van der Waals surface area contributed by atoms with E-state index in [-0.39, 0.29) is 24.7 Å². The Bertz CT molecular complexity index is 367. The molecule has 0 fully saturated rings. The van der Waals surface area contributed by atoms with E-state index in [2.05, 4.69) is 0 Å². The third-order valence-electron chi connectivity index (χ3n) is 1.87. The molecule has 3 heteroatoms. The van der Waals surface area contributed by atoms with Gasteiger partial charge in [-0.05, 0) is 29.8 Å². The van der Waals surface area contributed by atoms with Crippen molar-refractivity contribution in [2.45, 2.75) is 6.42 Å². The van der Waals surface area contributed by atoms with E-state index in [1.54, 1.807) is 18.4 Å². The van der Waals surface area contributed by atoms with Crippen LogP contribution in [0.2, 0.25) is 0 Å². The molecule has 1 heterocycles. The Kier molecular flexibility index (Phi) is 4.00. The standard InChI is InChI=1S/C11H9FO.Li.H/c12-10-5-3-9(4-6-10)8-11-2-1-7-13-11;;/h1-7H,8H2;;. The predicted octanol–water partition coefficient (Wildman–Crippen LogP) is 2.36. The summed E-state index contributed by atoms with van der Waals surface area (Å²) >= 11 is 0. The van der Waals surface area contributed by atoms with E-state index in [1.807, 2.05) is 12.1 Å². The van der Waals surface area contributed by atoms with E-state index < -0.39 is 0 Å². The molecule has 0 spiro atoms. The summed E-state index contributed by atoms with van der Waals surface area (Å²) in [6.07, 6.45) is 2.35. The van der Waals surface area contributed by atoms with E-state index in [9.17, 15) is 4.39 Å². The summed E-state index contributed by atoms with van der Waals surface area (Å²) in [5.41, 5.74) is 1.05. The van der Waals surface area contributed by atoms with Crippen molar-refractivity contribution in [3.05, 3.63) is 59.8 Å². The third-order valence-corrected chi connectivity index (χ3v) is 1.87. The maximum atomic E-state index is 12.5. The molecule has 1 nitrogen and oxygen atoms in total. The third kappa shape index (κ3) is 2.76. The Morgan fingerprint density at radius 2 is 1.79 bits per heavy atom. The van der Waals surface area contributed by atoms with Gasteiger partial charge in [0, 0.05) is 6.42 Å². The van der Waals surface area contributed by atoms with Gasteiger partial charge in [0.15, 0.2) is 0 Å². The minimum atomic E-state index is -0.205. The first kappa shape index (κ1) is 11.1. The number of benzene rings is 1. The average molecular weight is 184 g/mol. The van der Waals surface area contributed by atoms with Crippen LogP contribution in [0.4, 0.5) is 4.39 Å². The van der Waals surface area contributed by atoms with Gasteiger partial charge in [-0.3, -0.25) is 0 Å². The quantitative estimate of drug-likeness (QED) is 0.653. The van der Waals surface area contributed by atoms with Crippen molar-refractivity contribution >= 4 is 18.9 Å². The fourth-order valence-electron chi connectivity index (χ4n) is 1.22. The van der Waals surface area contributed by atoms with Crippen LogP contribution in [0.1, 0.15) is 11.3 Å². The number of furan rings is 1. The monoisotopic (exact) mass is 184 g/mol. The van der Waals surface area contributed by atoms with Gasteiger partial charge < -0.3 is 4.42 Å². The van der Waals surface area contributed by atoms with Gasteiger partial charge >= 0.3 is 18.9 Å². The molecule has 0 unspecified atom stereocenters. The molecule has 0 bridgehead atoms. The molecule has 14 heavy (non-hydrogen) atoms. The Morgan fingerprint density at radius 3 is 2.36 bits per heavy atom. The zero-order valence-corrected chi connectivity index (χ0v) is 7.03. The molecule has 2 aromatic rings. The van der Waals surface area contributed by atoms with E-state index in [0.29, 0.717) is 6.42 Å². The fraction of sp³-hybridized carbons (Fsp3) is 0.0909. The molecule has 0 amide bonds. The summed E-state index contributed by atoms with van der Waals surface area (Å²) in [5, 5.41) is 0. The van der Waals surface area contributed by atoms with Gasteiger partial charge in [0.2, 0.25) is 0 Å². The minimum absolute atomic E-state index is 0. The predicted molar refractivity (Wildman–Crippen MR) is 55.1 cm³/mol. The van der Waals surface area contributed by atoms with Crippen molar-refractivity contribution in [1.29, 1.82) is 0 Å². The zero-order valence-electron chi connectivity index (χ0n) is 7.03. The Balaban J connectivity index is 0.000000980. The van der Waals surface area contributed by atoms with Gasteiger partial charge in [-0.25, -0.2) is 4.39 Å². The van der Waals surface area contributed by atoms with Crippen molar-refractivity contribution < 1.29 is 8.81 Å². The van der Waals surface area contributed by atoms with E-state index in [4.69, 9.17) is 4.42 Å². The average Bonchev–Trinajstić information content (AvgIpc) is 2.62. The molecule has 0 atom stereocenters. The van der Waals surface area contributed by atoms with Crippen LogP contribution in [0.5, 0.6) is 0 Å². The maximum absolute atomic E-state index is 12.5. The van der Waals surface area contributed by atoms with Crippen LogP contribution in [0.25, 0.3) is 0 Å². The van der Waals surface area contributed by atoms with Gasteiger partial charge in [0.25, 0.3) is 0 Å². The summed E-state index contributed by atoms with van der Waals surface area (Å²) in [5.74, 6) is 0.690. The van der Waals surface area contributed by atoms with E-state index in [1.165, 1.54) is 12.1 Å². The van der Waals surface area contributed by atoms with Crippen LogP contribution in [-0.4, -0.2) is 18.9 Å². The Morgan fingerprint density at radius 1 is 1.07 bits per heavy atom. The molecule has 0 saturated heterocycles. The summed E-state index contributed by atoms with van der Waals surface area (Å²) < 4.78 is 17.7. The second kappa shape index (κ2) is 5.04. The molecule has 2 rings (SSSR count). The fourth-order valence-corrected chi connectivity index (χ4v) is 1.22. The molecule has 0 aliphatic carbocycles. The van der Waals surface area contributed by atoms with Gasteiger partial charge in [-0.15, -0.1) is 0 Å². The molecular weight excluding hydrogens is 174 g/mol. The molecule has 0 radical (unpaired) electrons. The van der Waals surface area contributed by atoms with Crippen LogP contribution in [0, 0.1) is 5.82 Å². The van der Waals surface area contributed by atoms with E-state index in [0.717, 1.165) is 11.3 Å². The SMILES string of the molecule is Fc1ccc(Cc2ccco2)cc1.[LiH]. The van der Waals surface area contributed by atoms with Crippen molar-refractivity contribution in [3.63, 3.8) is 0 Å². The summed E-state index contributed by atoms with van der Waals surface area (Å²) in [6, 6.07) is 10.2. The molecule has 1 aromatic carbocycles. The van der Waals surface area contributed by atoms with Crippen molar-refractivity contribution in [1.82, 2.24) is 0 Å². The number of rotatable bonds is 2. The summed E-state index contributed by atoms with van der Waals surface area (Å²) in [6.45, 7) is 0. The second-order valence-electron chi connectivity index (χ2n) is 2.88. The van der Waals surface area contributed by atoms with Crippen LogP contribution in [0.15, 0.2) is 47.1 Å². The number of hydrogen-bond donors (Lipinski definition) is 0. The van der Waals surface area contributed by atoms with Crippen LogP contribution < -0.4 is 0 Å². The molecular formula is C11H10FLiO. The van der Waals surface area contributed by atoms with Crippen molar-refractivity contribution in [2.24, 2.45) is 0 Å². The van der Waals surface area contributed by atoms with Gasteiger partial charge in [0.1, 0.15) is 11.6 Å². The topological polar surface area (TPSA) is 13.1 Å². The first-order valence-electron chi connectivity index (χ1n) is 4.11. The molecule has 0 N–H and O–H groups in total. The molecule has 0 aliphatic rings.